The van der Waals surface area contributed by atoms with E-state index in [4.69, 9.17) is 10.5 Å². The molecule has 0 aliphatic carbocycles. The molecule has 0 atom stereocenters. The standard InChI is InChI=1S/C8H15NO2/c1-2-8(10)11-7-5-3-4-6-9/h2H,1,3-7,9H2. The van der Waals surface area contributed by atoms with Crippen molar-refractivity contribution in [2.45, 2.75) is 19.3 Å². The molecule has 0 aromatic rings. The van der Waals surface area contributed by atoms with Gasteiger partial charge in [-0.05, 0) is 25.8 Å². The number of unbranched alkanes of at least 4 members (excludes halogenated alkanes) is 2. The molecule has 0 unspecified atom stereocenters. The van der Waals surface area contributed by atoms with Crippen LogP contribution in [0.2, 0.25) is 0 Å². The van der Waals surface area contributed by atoms with Crippen LogP contribution in [0.15, 0.2) is 12.7 Å². The maximum Gasteiger partial charge on any atom is 0.330 e. The van der Waals surface area contributed by atoms with E-state index in [-0.39, 0.29) is 5.97 Å². The van der Waals surface area contributed by atoms with Gasteiger partial charge >= 0.3 is 5.97 Å². The van der Waals surface area contributed by atoms with Crippen molar-refractivity contribution in [2.24, 2.45) is 5.73 Å². The lowest BCUT2D eigenvalue weighted by Crippen LogP contribution is -2.03. The molecule has 0 heterocycles. The van der Waals surface area contributed by atoms with Crippen LogP contribution in [-0.2, 0) is 9.53 Å². The Morgan fingerprint density at radius 2 is 2.18 bits per heavy atom. The first-order valence-electron chi connectivity index (χ1n) is 3.80. The minimum atomic E-state index is -0.349. The summed E-state index contributed by atoms with van der Waals surface area (Å²) < 4.78 is 4.74. The summed E-state index contributed by atoms with van der Waals surface area (Å²) in [6.07, 6.45) is 4.06. The molecule has 0 amide bonds. The van der Waals surface area contributed by atoms with Gasteiger partial charge in [-0.3, -0.25) is 0 Å². The van der Waals surface area contributed by atoms with E-state index < -0.39 is 0 Å². The fourth-order valence-electron chi connectivity index (χ4n) is 0.655. The van der Waals surface area contributed by atoms with Gasteiger partial charge in [0.2, 0.25) is 0 Å². The SMILES string of the molecule is C=CC(=O)OCCCCCN. The minimum absolute atomic E-state index is 0.349. The fraction of sp³-hybridized carbons (Fsp3) is 0.625. The number of hydrogen-bond donors (Lipinski definition) is 1. The Morgan fingerprint density at radius 3 is 2.73 bits per heavy atom. The number of ether oxygens (including phenoxy) is 1. The zero-order chi connectivity index (χ0) is 8.53. The summed E-state index contributed by atoms with van der Waals surface area (Å²) in [4.78, 5) is 10.5. The van der Waals surface area contributed by atoms with Crippen molar-refractivity contribution in [1.29, 1.82) is 0 Å². The first-order chi connectivity index (χ1) is 5.31. The topological polar surface area (TPSA) is 52.3 Å². The molecule has 3 nitrogen and oxygen atoms in total. The Hall–Kier alpha value is -0.830. The summed E-state index contributed by atoms with van der Waals surface area (Å²) in [6.45, 7) is 4.46. The van der Waals surface area contributed by atoms with Crippen molar-refractivity contribution in [3.05, 3.63) is 12.7 Å². The van der Waals surface area contributed by atoms with E-state index in [1.165, 1.54) is 6.08 Å². The molecule has 0 saturated carbocycles. The zero-order valence-electron chi connectivity index (χ0n) is 6.71. The number of esters is 1. The van der Waals surface area contributed by atoms with Crippen molar-refractivity contribution in [2.75, 3.05) is 13.2 Å². The van der Waals surface area contributed by atoms with Crippen LogP contribution in [0.1, 0.15) is 19.3 Å². The Kier molecular flexibility index (Phi) is 6.73. The molecule has 2 N–H and O–H groups in total. The van der Waals surface area contributed by atoms with Gasteiger partial charge in [0.05, 0.1) is 6.61 Å². The number of rotatable bonds is 6. The first-order valence-corrected chi connectivity index (χ1v) is 3.80. The van der Waals surface area contributed by atoms with Gasteiger partial charge in [0, 0.05) is 6.08 Å². The van der Waals surface area contributed by atoms with E-state index in [0.717, 1.165) is 19.3 Å². The van der Waals surface area contributed by atoms with E-state index in [1.54, 1.807) is 0 Å². The lowest BCUT2D eigenvalue weighted by molar-refractivity contribution is -0.137. The summed E-state index contributed by atoms with van der Waals surface area (Å²) in [5.41, 5.74) is 5.27. The number of hydrogen-bond acceptors (Lipinski definition) is 3. The smallest absolute Gasteiger partial charge is 0.330 e. The lowest BCUT2D eigenvalue weighted by atomic mass is 10.2. The van der Waals surface area contributed by atoms with Crippen LogP contribution < -0.4 is 5.73 Å². The van der Waals surface area contributed by atoms with Crippen LogP contribution in [0.25, 0.3) is 0 Å². The van der Waals surface area contributed by atoms with E-state index in [0.29, 0.717) is 13.2 Å². The zero-order valence-corrected chi connectivity index (χ0v) is 6.71. The second kappa shape index (κ2) is 7.28. The van der Waals surface area contributed by atoms with Crippen LogP contribution in [0.3, 0.4) is 0 Å². The third kappa shape index (κ3) is 7.06. The average Bonchev–Trinajstić information content (AvgIpc) is 2.04. The molecule has 0 radical (unpaired) electrons. The molecule has 3 heteroatoms. The van der Waals surface area contributed by atoms with Crippen LogP contribution in [-0.4, -0.2) is 19.1 Å². The van der Waals surface area contributed by atoms with Crippen molar-refractivity contribution in [1.82, 2.24) is 0 Å². The lowest BCUT2D eigenvalue weighted by Gasteiger charge is -1.99. The molecule has 0 aromatic carbocycles. The summed E-state index contributed by atoms with van der Waals surface area (Å²) in [6, 6.07) is 0. The Bertz CT molecular complexity index is 123. The largest absolute Gasteiger partial charge is 0.463 e. The first kappa shape index (κ1) is 10.2. The van der Waals surface area contributed by atoms with Crippen LogP contribution in [0, 0.1) is 0 Å². The van der Waals surface area contributed by atoms with Gasteiger partial charge in [0.1, 0.15) is 0 Å². The predicted octanol–water partition coefficient (Wildman–Crippen LogP) is 0.845. The highest BCUT2D eigenvalue weighted by molar-refractivity contribution is 5.81. The number of carbonyl (C=O) groups excluding carboxylic acids is 1. The van der Waals surface area contributed by atoms with Crippen molar-refractivity contribution >= 4 is 5.97 Å². The van der Waals surface area contributed by atoms with Gasteiger partial charge in [-0.25, -0.2) is 4.79 Å². The quantitative estimate of drug-likeness (QED) is 0.353. The molecule has 0 saturated heterocycles. The van der Waals surface area contributed by atoms with Crippen molar-refractivity contribution in [3.63, 3.8) is 0 Å². The third-order valence-corrected chi connectivity index (χ3v) is 1.26. The van der Waals surface area contributed by atoms with Gasteiger partial charge in [0.15, 0.2) is 0 Å². The van der Waals surface area contributed by atoms with Crippen molar-refractivity contribution in [3.8, 4) is 0 Å². The minimum Gasteiger partial charge on any atom is -0.463 e. The Balaban J connectivity index is 3.01. The summed E-state index contributed by atoms with van der Waals surface area (Å²) in [7, 11) is 0. The molecule has 0 rings (SSSR count). The molecule has 0 aliphatic heterocycles. The Labute approximate surface area is 67.2 Å². The highest BCUT2D eigenvalue weighted by Crippen LogP contribution is 1.94. The molecule has 0 aliphatic rings. The molecule has 0 bridgehead atoms. The number of carbonyl (C=O) groups is 1. The second-order valence-corrected chi connectivity index (χ2v) is 2.22. The summed E-state index contributed by atoms with van der Waals surface area (Å²) in [5.74, 6) is -0.349. The van der Waals surface area contributed by atoms with Gasteiger partial charge in [-0.1, -0.05) is 6.58 Å². The van der Waals surface area contributed by atoms with Crippen LogP contribution >= 0.6 is 0 Å². The van der Waals surface area contributed by atoms with Gasteiger partial charge in [-0.15, -0.1) is 0 Å². The summed E-state index contributed by atoms with van der Waals surface area (Å²) in [5, 5.41) is 0. The maximum atomic E-state index is 10.5. The maximum absolute atomic E-state index is 10.5. The van der Waals surface area contributed by atoms with E-state index in [2.05, 4.69) is 6.58 Å². The average molecular weight is 157 g/mol. The van der Waals surface area contributed by atoms with Gasteiger partial charge < -0.3 is 10.5 Å². The van der Waals surface area contributed by atoms with Gasteiger partial charge in [-0.2, -0.15) is 0 Å². The summed E-state index contributed by atoms with van der Waals surface area (Å²) >= 11 is 0. The van der Waals surface area contributed by atoms with Crippen LogP contribution in [0.5, 0.6) is 0 Å². The second-order valence-electron chi connectivity index (χ2n) is 2.22. The molecular weight excluding hydrogens is 142 g/mol. The fourth-order valence-corrected chi connectivity index (χ4v) is 0.655. The molecular formula is C8H15NO2. The van der Waals surface area contributed by atoms with E-state index in [1.807, 2.05) is 0 Å². The molecule has 11 heavy (non-hydrogen) atoms. The number of nitrogens with two attached hydrogens (primary N) is 1. The van der Waals surface area contributed by atoms with Crippen LogP contribution in [0.4, 0.5) is 0 Å². The van der Waals surface area contributed by atoms with E-state index in [9.17, 15) is 4.79 Å². The normalized spacial score (nSPS) is 9.18. The highest BCUT2D eigenvalue weighted by atomic mass is 16.5. The third-order valence-electron chi connectivity index (χ3n) is 1.26. The van der Waals surface area contributed by atoms with Crippen molar-refractivity contribution < 1.29 is 9.53 Å². The molecule has 0 spiro atoms. The Morgan fingerprint density at radius 1 is 1.45 bits per heavy atom. The van der Waals surface area contributed by atoms with Gasteiger partial charge in [0.25, 0.3) is 0 Å². The highest BCUT2D eigenvalue weighted by Gasteiger charge is 1.93. The molecule has 0 aromatic heterocycles. The molecule has 0 fully saturated rings. The molecule has 64 valence electrons. The predicted molar refractivity (Wildman–Crippen MR) is 44.1 cm³/mol. The van der Waals surface area contributed by atoms with E-state index >= 15 is 0 Å². The monoisotopic (exact) mass is 157 g/mol.